The van der Waals surface area contributed by atoms with Crippen molar-refractivity contribution in [3.63, 3.8) is 0 Å². The van der Waals surface area contributed by atoms with Crippen molar-refractivity contribution in [3.8, 4) is 11.5 Å². The van der Waals surface area contributed by atoms with Crippen LogP contribution in [0.15, 0.2) is 54.9 Å². The molecular weight excluding hydrogens is 380 g/mol. The third kappa shape index (κ3) is 3.83. The number of hydrogen-bond acceptors (Lipinski definition) is 9. The van der Waals surface area contributed by atoms with Crippen LogP contribution in [-0.2, 0) is 0 Å². The number of nitrogens with one attached hydrogen (secondary N) is 3. The molecule has 29 heavy (non-hydrogen) atoms. The number of ether oxygens (including phenoxy) is 2. The molecule has 146 valence electrons. The van der Waals surface area contributed by atoms with Crippen molar-refractivity contribution in [1.29, 1.82) is 0 Å². The molecule has 0 atom stereocenters. The smallest absolute Gasteiger partial charge is 0.355 e. The van der Waals surface area contributed by atoms with Gasteiger partial charge in [0.2, 0.25) is 18.4 Å². The Morgan fingerprint density at radius 2 is 1.79 bits per heavy atom. The van der Waals surface area contributed by atoms with Crippen molar-refractivity contribution in [2.45, 2.75) is 0 Å². The number of hydrogen-bond donors (Lipinski definition) is 3. The maximum absolute atomic E-state index is 12.2. The monoisotopic (exact) mass is 394 g/mol. The first-order chi connectivity index (χ1) is 14.1. The minimum Gasteiger partial charge on any atom is -0.454 e. The summed E-state index contributed by atoms with van der Waals surface area (Å²) in [5.74, 6) is 0.403. The number of carbonyl (C=O) groups is 1. The molecule has 3 N–H and O–H groups in total. The molecule has 11 heteroatoms. The molecule has 0 saturated carbocycles. The number of benzene rings is 2. The lowest BCUT2D eigenvalue weighted by Crippen LogP contribution is -2.30. The predicted molar refractivity (Wildman–Crippen MR) is 102 cm³/mol. The van der Waals surface area contributed by atoms with Gasteiger partial charge in [-0.25, -0.2) is 9.97 Å². The van der Waals surface area contributed by atoms with E-state index in [4.69, 9.17) is 9.47 Å². The number of rotatable bonds is 6. The second kappa shape index (κ2) is 7.68. The lowest BCUT2D eigenvalue weighted by molar-refractivity contribution is -0.383. The van der Waals surface area contributed by atoms with Crippen molar-refractivity contribution < 1.29 is 19.2 Å². The molecule has 1 amide bonds. The molecule has 11 nitrogen and oxygen atoms in total. The van der Waals surface area contributed by atoms with Crippen LogP contribution < -0.4 is 25.6 Å². The second-order valence-electron chi connectivity index (χ2n) is 5.81. The molecule has 3 aromatic rings. The molecule has 1 aliphatic heterocycles. The SMILES string of the molecule is O=C(NNc1ncnc(Nc2ccc3c(c2)OCO3)c1[N+](=O)[O-])c1ccccc1. The third-order valence-electron chi connectivity index (χ3n) is 3.97. The zero-order valence-corrected chi connectivity index (χ0v) is 14.8. The lowest BCUT2D eigenvalue weighted by Gasteiger charge is -2.11. The standard InChI is InChI=1S/C18H14N6O5/c25-18(11-4-2-1-3-5-11)23-22-17-15(24(26)27)16(19-9-20-17)21-12-6-7-13-14(8-12)29-10-28-13/h1-9H,10H2,(H,23,25)(H2,19,20,21,22). The molecule has 0 unspecified atom stereocenters. The molecule has 2 heterocycles. The molecule has 2 aromatic carbocycles. The molecule has 1 aromatic heterocycles. The fourth-order valence-electron chi connectivity index (χ4n) is 2.62. The number of anilines is 3. The van der Waals surface area contributed by atoms with Gasteiger partial charge in [-0.1, -0.05) is 18.2 Å². The highest BCUT2D eigenvalue weighted by atomic mass is 16.7. The van der Waals surface area contributed by atoms with Crippen LogP contribution in [0.25, 0.3) is 0 Å². The summed E-state index contributed by atoms with van der Waals surface area (Å²) in [4.78, 5) is 30.9. The fraction of sp³-hybridized carbons (Fsp3) is 0.0556. The van der Waals surface area contributed by atoms with Gasteiger partial charge in [0.1, 0.15) is 6.33 Å². The average Bonchev–Trinajstić information content (AvgIpc) is 3.20. The average molecular weight is 394 g/mol. The van der Waals surface area contributed by atoms with Gasteiger partial charge in [0, 0.05) is 17.3 Å². The van der Waals surface area contributed by atoms with E-state index in [0.717, 1.165) is 6.33 Å². The topological polar surface area (TPSA) is 141 Å². The second-order valence-corrected chi connectivity index (χ2v) is 5.81. The Balaban J connectivity index is 1.56. The fourth-order valence-corrected chi connectivity index (χ4v) is 2.62. The summed E-state index contributed by atoms with van der Waals surface area (Å²) >= 11 is 0. The largest absolute Gasteiger partial charge is 0.454 e. The van der Waals surface area contributed by atoms with E-state index in [0.29, 0.717) is 22.7 Å². The van der Waals surface area contributed by atoms with E-state index >= 15 is 0 Å². The van der Waals surface area contributed by atoms with Crippen LogP contribution in [0.1, 0.15) is 10.4 Å². The van der Waals surface area contributed by atoms with Gasteiger partial charge in [0.05, 0.1) is 4.92 Å². The lowest BCUT2D eigenvalue weighted by atomic mass is 10.2. The van der Waals surface area contributed by atoms with Gasteiger partial charge in [-0.2, -0.15) is 0 Å². The zero-order valence-electron chi connectivity index (χ0n) is 14.8. The molecule has 0 spiro atoms. The van der Waals surface area contributed by atoms with E-state index in [9.17, 15) is 14.9 Å². The molecule has 0 bridgehead atoms. The number of carbonyl (C=O) groups excluding carboxylic acids is 1. The Hall–Kier alpha value is -4.41. The Morgan fingerprint density at radius 1 is 1.03 bits per heavy atom. The van der Waals surface area contributed by atoms with Gasteiger partial charge in [-0.15, -0.1) is 0 Å². The highest BCUT2D eigenvalue weighted by Crippen LogP contribution is 2.36. The Bertz CT molecular complexity index is 1080. The van der Waals surface area contributed by atoms with E-state index in [2.05, 4.69) is 26.1 Å². The minimum absolute atomic E-state index is 0.0553. The number of nitrogens with zero attached hydrogens (tertiary/aromatic N) is 3. The summed E-state index contributed by atoms with van der Waals surface area (Å²) in [5, 5.41) is 14.5. The Kier molecular flexibility index (Phi) is 4.76. The predicted octanol–water partition coefficient (Wildman–Crippen LogP) is 2.61. The molecule has 4 rings (SSSR count). The molecular formula is C18H14N6O5. The van der Waals surface area contributed by atoms with E-state index in [1.807, 2.05) is 0 Å². The molecule has 0 radical (unpaired) electrons. The van der Waals surface area contributed by atoms with Gasteiger partial charge < -0.3 is 14.8 Å². The van der Waals surface area contributed by atoms with Gasteiger partial charge in [0.25, 0.3) is 5.91 Å². The van der Waals surface area contributed by atoms with E-state index in [1.54, 1.807) is 48.5 Å². The summed E-state index contributed by atoms with van der Waals surface area (Å²) < 4.78 is 10.5. The summed E-state index contributed by atoms with van der Waals surface area (Å²) in [7, 11) is 0. The van der Waals surface area contributed by atoms with E-state index in [-0.39, 0.29) is 18.4 Å². The Morgan fingerprint density at radius 3 is 2.59 bits per heavy atom. The van der Waals surface area contributed by atoms with Crippen LogP contribution in [0.4, 0.5) is 23.0 Å². The first-order valence-corrected chi connectivity index (χ1v) is 8.39. The first kappa shape index (κ1) is 18.0. The zero-order chi connectivity index (χ0) is 20.2. The Labute approximate surface area is 163 Å². The number of nitro groups is 1. The van der Waals surface area contributed by atoms with Crippen LogP contribution in [0.2, 0.25) is 0 Å². The van der Waals surface area contributed by atoms with Crippen molar-refractivity contribution in [1.82, 2.24) is 15.4 Å². The van der Waals surface area contributed by atoms with Gasteiger partial charge in [-0.3, -0.25) is 25.8 Å². The van der Waals surface area contributed by atoms with Crippen LogP contribution in [-0.4, -0.2) is 27.6 Å². The number of fused-ring (bicyclic) bond motifs is 1. The summed E-state index contributed by atoms with van der Waals surface area (Å²) in [5.41, 5.74) is 5.33. The van der Waals surface area contributed by atoms with Gasteiger partial charge in [0.15, 0.2) is 11.5 Å². The molecule has 0 aliphatic carbocycles. The molecule has 1 aliphatic rings. The van der Waals surface area contributed by atoms with E-state index < -0.39 is 16.5 Å². The molecule has 0 saturated heterocycles. The number of amides is 1. The van der Waals surface area contributed by atoms with Crippen LogP contribution in [0.5, 0.6) is 11.5 Å². The van der Waals surface area contributed by atoms with Crippen molar-refractivity contribution in [2.24, 2.45) is 0 Å². The van der Waals surface area contributed by atoms with Crippen LogP contribution in [0.3, 0.4) is 0 Å². The van der Waals surface area contributed by atoms with Crippen LogP contribution in [0, 0.1) is 10.1 Å². The summed E-state index contributed by atoms with van der Waals surface area (Å²) in [6.45, 7) is 0.113. The summed E-state index contributed by atoms with van der Waals surface area (Å²) in [6.07, 6.45) is 1.14. The maximum Gasteiger partial charge on any atom is 0.355 e. The molecule has 0 fully saturated rings. The highest BCUT2D eigenvalue weighted by molar-refractivity contribution is 5.95. The van der Waals surface area contributed by atoms with Crippen molar-refractivity contribution >= 4 is 28.9 Å². The normalized spacial score (nSPS) is 11.6. The maximum atomic E-state index is 12.2. The highest BCUT2D eigenvalue weighted by Gasteiger charge is 2.24. The van der Waals surface area contributed by atoms with Crippen molar-refractivity contribution in [2.75, 3.05) is 17.5 Å². The van der Waals surface area contributed by atoms with Gasteiger partial charge >= 0.3 is 5.69 Å². The minimum atomic E-state index is -0.647. The number of aromatic nitrogens is 2. The van der Waals surface area contributed by atoms with Crippen molar-refractivity contribution in [3.05, 3.63) is 70.5 Å². The van der Waals surface area contributed by atoms with Gasteiger partial charge in [-0.05, 0) is 24.3 Å². The van der Waals surface area contributed by atoms with Crippen LogP contribution >= 0.6 is 0 Å². The number of hydrazine groups is 1. The first-order valence-electron chi connectivity index (χ1n) is 8.39. The summed E-state index contributed by atoms with van der Waals surface area (Å²) in [6, 6.07) is 13.4. The quantitative estimate of drug-likeness (QED) is 0.425. The van der Waals surface area contributed by atoms with E-state index in [1.165, 1.54) is 0 Å². The third-order valence-corrected chi connectivity index (χ3v) is 3.97.